The highest BCUT2D eigenvalue weighted by Gasteiger charge is 2.09. The summed E-state index contributed by atoms with van der Waals surface area (Å²) in [6.45, 7) is 0.507. The van der Waals surface area contributed by atoms with Crippen LogP contribution in [-0.2, 0) is 17.8 Å². The first-order valence-corrected chi connectivity index (χ1v) is 8.15. The molecule has 0 aliphatic heterocycles. The molecule has 1 N–H and O–H groups in total. The van der Waals surface area contributed by atoms with Gasteiger partial charge < -0.3 is 14.8 Å². The number of hydrogen-bond acceptors (Lipinski definition) is 3. The van der Waals surface area contributed by atoms with E-state index < -0.39 is 0 Å². The van der Waals surface area contributed by atoms with Gasteiger partial charge in [0.2, 0.25) is 5.91 Å². The van der Waals surface area contributed by atoms with Crippen LogP contribution < -0.4 is 14.8 Å². The summed E-state index contributed by atoms with van der Waals surface area (Å²) < 4.78 is 10.5. The van der Waals surface area contributed by atoms with Crippen LogP contribution in [0.2, 0.25) is 0 Å². The zero-order chi connectivity index (χ0) is 17.6. The van der Waals surface area contributed by atoms with Crippen LogP contribution in [0.5, 0.6) is 11.5 Å². The first kappa shape index (κ1) is 16.8. The van der Waals surface area contributed by atoms with Crippen molar-refractivity contribution in [1.29, 1.82) is 0 Å². The fraction of sp³-hybridized carbons (Fsp3) is 0.190. The number of rotatable bonds is 6. The van der Waals surface area contributed by atoms with E-state index in [1.54, 1.807) is 14.2 Å². The van der Waals surface area contributed by atoms with Crippen LogP contribution in [0.25, 0.3) is 10.8 Å². The van der Waals surface area contributed by atoms with E-state index in [2.05, 4.69) is 23.5 Å². The molecule has 0 fully saturated rings. The van der Waals surface area contributed by atoms with Gasteiger partial charge in [-0.25, -0.2) is 0 Å². The number of carbonyl (C=O) groups excluding carboxylic acids is 1. The number of ether oxygens (including phenoxy) is 2. The van der Waals surface area contributed by atoms with Crippen LogP contribution in [0.15, 0.2) is 60.7 Å². The van der Waals surface area contributed by atoms with Crippen molar-refractivity contribution in [1.82, 2.24) is 5.32 Å². The monoisotopic (exact) mass is 335 g/mol. The van der Waals surface area contributed by atoms with E-state index in [0.717, 1.165) is 16.5 Å². The van der Waals surface area contributed by atoms with Crippen molar-refractivity contribution < 1.29 is 14.3 Å². The molecule has 25 heavy (non-hydrogen) atoms. The Balaban J connectivity index is 1.67. The summed E-state index contributed by atoms with van der Waals surface area (Å²) in [4.78, 5) is 12.3. The Morgan fingerprint density at radius 3 is 2.48 bits per heavy atom. The predicted octanol–water partition coefficient (Wildman–Crippen LogP) is 3.72. The number of amides is 1. The van der Waals surface area contributed by atoms with E-state index in [9.17, 15) is 4.79 Å². The maximum Gasteiger partial charge on any atom is 0.224 e. The summed E-state index contributed by atoms with van der Waals surface area (Å²) in [7, 11) is 3.18. The lowest BCUT2D eigenvalue weighted by molar-refractivity contribution is -0.120. The first-order chi connectivity index (χ1) is 12.2. The van der Waals surface area contributed by atoms with E-state index in [4.69, 9.17) is 9.47 Å². The summed E-state index contributed by atoms with van der Waals surface area (Å²) >= 11 is 0. The van der Waals surface area contributed by atoms with Crippen LogP contribution in [0.4, 0.5) is 0 Å². The molecule has 3 aromatic rings. The maximum atomic E-state index is 12.3. The standard InChI is InChI=1S/C21H21NO3/c1-24-19-11-10-15(12-20(19)25-2)13-21(23)22-14-17-8-5-7-16-6-3-4-9-18(16)17/h3-12H,13-14H2,1-2H3,(H,22,23). The summed E-state index contributed by atoms with van der Waals surface area (Å²) in [5.74, 6) is 1.25. The largest absolute Gasteiger partial charge is 0.493 e. The molecule has 128 valence electrons. The molecule has 0 saturated carbocycles. The first-order valence-electron chi connectivity index (χ1n) is 8.15. The number of fused-ring (bicyclic) bond motifs is 1. The maximum absolute atomic E-state index is 12.3. The Morgan fingerprint density at radius 1 is 0.920 bits per heavy atom. The van der Waals surface area contributed by atoms with Crippen LogP contribution in [0.1, 0.15) is 11.1 Å². The predicted molar refractivity (Wildman–Crippen MR) is 99.0 cm³/mol. The summed E-state index contributed by atoms with van der Waals surface area (Å²) in [6, 6.07) is 19.8. The van der Waals surface area contributed by atoms with Crippen LogP contribution in [0, 0.1) is 0 Å². The SMILES string of the molecule is COc1ccc(CC(=O)NCc2cccc3ccccc23)cc1OC. The second-order valence-electron chi connectivity index (χ2n) is 5.78. The lowest BCUT2D eigenvalue weighted by atomic mass is 10.0. The van der Waals surface area contributed by atoms with Crippen molar-refractivity contribution in [3.8, 4) is 11.5 Å². The summed E-state index contributed by atoms with van der Waals surface area (Å²) in [5.41, 5.74) is 1.99. The number of methoxy groups -OCH3 is 2. The Labute approximate surface area is 147 Å². The molecule has 4 heteroatoms. The average molecular weight is 335 g/mol. The highest BCUT2D eigenvalue weighted by atomic mass is 16.5. The van der Waals surface area contributed by atoms with Gasteiger partial charge in [-0.3, -0.25) is 4.79 Å². The molecule has 0 heterocycles. The van der Waals surface area contributed by atoms with Gasteiger partial charge in [0.05, 0.1) is 20.6 Å². The van der Waals surface area contributed by atoms with Gasteiger partial charge in [-0.2, -0.15) is 0 Å². The number of nitrogens with one attached hydrogen (secondary N) is 1. The van der Waals surface area contributed by atoms with Gasteiger partial charge in [-0.1, -0.05) is 48.5 Å². The molecule has 0 aliphatic carbocycles. The van der Waals surface area contributed by atoms with Crippen LogP contribution in [0.3, 0.4) is 0 Å². The van der Waals surface area contributed by atoms with E-state index in [-0.39, 0.29) is 5.91 Å². The van der Waals surface area contributed by atoms with Crippen LogP contribution in [-0.4, -0.2) is 20.1 Å². The van der Waals surface area contributed by atoms with E-state index in [0.29, 0.717) is 24.5 Å². The van der Waals surface area contributed by atoms with E-state index in [1.807, 2.05) is 42.5 Å². The Morgan fingerprint density at radius 2 is 1.68 bits per heavy atom. The van der Waals surface area contributed by atoms with Crippen molar-refractivity contribution in [2.45, 2.75) is 13.0 Å². The molecule has 0 saturated heterocycles. The highest BCUT2D eigenvalue weighted by Crippen LogP contribution is 2.27. The zero-order valence-corrected chi connectivity index (χ0v) is 14.4. The van der Waals surface area contributed by atoms with Gasteiger partial charge in [0.25, 0.3) is 0 Å². The quantitative estimate of drug-likeness (QED) is 0.747. The van der Waals surface area contributed by atoms with Gasteiger partial charge in [0, 0.05) is 6.54 Å². The molecule has 0 radical (unpaired) electrons. The number of carbonyl (C=O) groups is 1. The van der Waals surface area contributed by atoms with Gasteiger partial charge in [-0.05, 0) is 34.0 Å². The fourth-order valence-corrected chi connectivity index (χ4v) is 2.88. The lowest BCUT2D eigenvalue weighted by Crippen LogP contribution is -2.24. The highest BCUT2D eigenvalue weighted by molar-refractivity contribution is 5.86. The minimum absolute atomic E-state index is 0.0276. The molecule has 3 rings (SSSR count). The Kier molecular flexibility index (Phi) is 5.19. The third-order valence-corrected chi connectivity index (χ3v) is 4.17. The molecule has 1 amide bonds. The van der Waals surface area contributed by atoms with Crippen molar-refractivity contribution in [3.05, 3.63) is 71.8 Å². The molecule has 4 nitrogen and oxygen atoms in total. The van der Waals surface area contributed by atoms with Crippen molar-refractivity contribution in [2.24, 2.45) is 0 Å². The third kappa shape index (κ3) is 3.91. The smallest absolute Gasteiger partial charge is 0.224 e. The molecule has 0 aromatic heterocycles. The lowest BCUT2D eigenvalue weighted by Gasteiger charge is -2.11. The van der Waals surface area contributed by atoms with E-state index in [1.165, 1.54) is 5.39 Å². The molecule has 0 bridgehead atoms. The molecule has 0 aliphatic rings. The van der Waals surface area contributed by atoms with Crippen LogP contribution >= 0.6 is 0 Å². The number of hydrogen-bond donors (Lipinski definition) is 1. The number of benzene rings is 3. The normalized spacial score (nSPS) is 10.5. The molecular formula is C21H21NO3. The Bertz CT molecular complexity index is 884. The second kappa shape index (κ2) is 7.71. The van der Waals surface area contributed by atoms with Gasteiger partial charge in [0.15, 0.2) is 11.5 Å². The minimum Gasteiger partial charge on any atom is -0.493 e. The van der Waals surface area contributed by atoms with Crippen molar-refractivity contribution in [3.63, 3.8) is 0 Å². The summed E-state index contributed by atoms with van der Waals surface area (Å²) in [5, 5.41) is 5.33. The topological polar surface area (TPSA) is 47.6 Å². The zero-order valence-electron chi connectivity index (χ0n) is 14.4. The van der Waals surface area contributed by atoms with Crippen molar-refractivity contribution in [2.75, 3.05) is 14.2 Å². The third-order valence-electron chi connectivity index (χ3n) is 4.17. The van der Waals surface area contributed by atoms with Gasteiger partial charge in [0.1, 0.15) is 0 Å². The molecular weight excluding hydrogens is 314 g/mol. The minimum atomic E-state index is -0.0276. The molecule has 0 unspecified atom stereocenters. The molecule has 0 spiro atoms. The fourth-order valence-electron chi connectivity index (χ4n) is 2.88. The van der Waals surface area contributed by atoms with Crippen molar-refractivity contribution >= 4 is 16.7 Å². The second-order valence-corrected chi connectivity index (χ2v) is 5.78. The Hall–Kier alpha value is -3.01. The average Bonchev–Trinajstić information content (AvgIpc) is 2.66. The molecule has 3 aromatic carbocycles. The van der Waals surface area contributed by atoms with E-state index >= 15 is 0 Å². The van der Waals surface area contributed by atoms with Gasteiger partial charge >= 0.3 is 0 Å². The van der Waals surface area contributed by atoms with Gasteiger partial charge in [-0.15, -0.1) is 0 Å². The summed E-state index contributed by atoms with van der Waals surface area (Å²) in [6.07, 6.45) is 0.297. The molecule has 0 atom stereocenters.